The number of fused-ring (bicyclic) bond motifs is 2. The standard InChI is InChI=1S/C18H14N6O2/c19-18-14-6-13(24-9-20-8-22-24)2-3-15(14)21-10-23(18)7-12-1-4-16-17(5-12)26-11-25-16/h1-6,8-10,19H,7,11H2. The molecular weight excluding hydrogens is 332 g/mol. The predicted octanol–water partition coefficient (Wildman–Crippen LogP) is 1.87. The summed E-state index contributed by atoms with van der Waals surface area (Å²) in [7, 11) is 0. The third-order valence-corrected chi connectivity index (χ3v) is 4.33. The smallest absolute Gasteiger partial charge is 0.231 e. The van der Waals surface area contributed by atoms with E-state index < -0.39 is 0 Å². The van der Waals surface area contributed by atoms with E-state index >= 15 is 0 Å². The molecule has 2 aromatic heterocycles. The van der Waals surface area contributed by atoms with Gasteiger partial charge >= 0.3 is 0 Å². The Hall–Kier alpha value is -3.68. The number of hydrogen-bond acceptors (Lipinski definition) is 6. The summed E-state index contributed by atoms with van der Waals surface area (Å²) in [5.41, 5.74) is 3.00. The van der Waals surface area contributed by atoms with Crippen LogP contribution < -0.4 is 15.0 Å². The summed E-state index contributed by atoms with van der Waals surface area (Å²) in [5.74, 6) is 1.48. The maximum atomic E-state index is 8.59. The first kappa shape index (κ1) is 14.6. The first-order chi connectivity index (χ1) is 12.8. The highest BCUT2D eigenvalue weighted by Crippen LogP contribution is 2.32. The molecule has 4 aromatic rings. The van der Waals surface area contributed by atoms with Gasteiger partial charge in [0.2, 0.25) is 6.79 Å². The topological polar surface area (TPSA) is 90.8 Å². The van der Waals surface area contributed by atoms with Gasteiger partial charge in [-0.2, -0.15) is 5.10 Å². The summed E-state index contributed by atoms with van der Waals surface area (Å²) in [6, 6.07) is 11.5. The Morgan fingerprint density at radius 2 is 1.96 bits per heavy atom. The van der Waals surface area contributed by atoms with E-state index in [-0.39, 0.29) is 6.79 Å². The molecule has 0 saturated carbocycles. The van der Waals surface area contributed by atoms with Crippen LogP contribution in [0.5, 0.6) is 11.5 Å². The fraction of sp³-hybridized carbons (Fsp3) is 0.111. The molecule has 0 saturated heterocycles. The van der Waals surface area contributed by atoms with E-state index in [9.17, 15) is 0 Å². The zero-order valence-corrected chi connectivity index (χ0v) is 13.7. The number of nitrogens with zero attached hydrogens (tertiary/aromatic N) is 5. The molecule has 2 aromatic carbocycles. The van der Waals surface area contributed by atoms with Gasteiger partial charge < -0.3 is 14.0 Å². The third-order valence-electron chi connectivity index (χ3n) is 4.33. The molecule has 8 nitrogen and oxygen atoms in total. The van der Waals surface area contributed by atoms with Crippen LogP contribution >= 0.6 is 0 Å². The first-order valence-corrected chi connectivity index (χ1v) is 8.05. The highest BCUT2D eigenvalue weighted by molar-refractivity contribution is 5.79. The Labute approximate surface area is 147 Å². The quantitative estimate of drug-likeness (QED) is 0.611. The second-order valence-corrected chi connectivity index (χ2v) is 5.95. The van der Waals surface area contributed by atoms with Gasteiger partial charge in [-0.15, -0.1) is 0 Å². The lowest BCUT2D eigenvalue weighted by atomic mass is 10.2. The minimum absolute atomic E-state index is 0.248. The van der Waals surface area contributed by atoms with Gasteiger partial charge in [0.05, 0.1) is 24.1 Å². The van der Waals surface area contributed by atoms with E-state index in [1.54, 1.807) is 21.9 Å². The lowest BCUT2D eigenvalue weighted by molar-refractivity contribution is 0.174. The Morgan fingerprint density at radius 1 is 1.04 bits per heavy atom. The van der Waals surface area contributed by atoms with Gasteiger partial charge in [-0.05, 0) is 35.9 Å². The zero-order valence-electron chi connectivity index (χ0n) is 13.7. The number of rotatable bonds is 3. The molecule has 26 heavy (non-hydrogen) atoms. The maximum absolute atomic E-state index is 8.59. The van der Waals surface area contributed by atoms with Crippen molar-refractivity contribution in [1.82, 2.24) is 24.3 Å². The molecular formula is C18H14N6O2. The van der Waals surface area contributed by atoms with Gasteiger partial charge in [0.15, 0.2) is 11.5 Å². The molecule has 0 unspecified atom stereocenters. The third kappa shape index (κ3) is 2.39. The van der Waals surface area contributed by atoms with Crippen molar-refractivity contribution in [3.63, 3.8) is 0 Å². The summed E-state index contributed by atoms with van der Waals surface area (Å²) < 4.78 is 14.2. The number of aromatic nitrogens is 5. The van der Waals surface area contributed by atoms with E-state index in [0.717, 1.165) is 33.7 Å². The minimum atomic E-state index is 0.248. The number of ether oxygens (including phenoxy) is 2. The molecule has 8 heteroatoms. The second kappa shape index (κ2) is 5.69. The SMILES string of the molecule is N=c1c2cc(-n3cncn3)ccc2ncn1Cc1ccc2c(c1)OCO2. The van der Waals surface area contributed by atoms with Crippen molar-refractivity contribution in [2.45, 2.75) is 6.54 Å². The average molecular weight is 346 g/mol. The molecule has 0 fully saturated rings. The number of benzene rings is 2. The van der Waals surface area contributed by atoms with Crippen molar-refractivity contribution in [2.24, 2.45) is 0 Å². The van der Waals surface area contributed by atoms with Crippen molar-refractivity contribution in [1.29, 1.82) is 5.41 Å². The molecule has 1 N–H and O–H groups in total. The molecule has 128 valence electrons. The minimum Gasteiger partial charge on any atom is -0.454 e. The lowest BCUT2D eigenvalue weighted by Crippen LogP contribution is -2.21. The summed E-state index contributed by atoms with van der Waals surface area (Å²) in [6.45, 7) is 0.768. The Bertz CT molecular complexity index is 1170. The van der Waals surface area contributed by atoms with Crippen molar-refractivity contribution >= 4 is 10.9 Å². The predicted molar refractivity (Wildman–Crippen MR) is 92.2 cm³/mol. The van der Waals surface area contributed by atoms with Crippen molar-refractivity contribution in [2.75, 3.05) is 6.79 Å². The summed E-state index contributed by atoms with van der Waals surface area (Å²) in [5, 5.41) is 13.5. The lowest BCUT2D eigenvalue weighted by Gasteiger charge is -2.10. The van der Waals surface area contributed by atoms with E-state index in [4.69, 9.17) is 14.9 Å². The summed E-state index contributed by atoms with van der Waals surface area (Å²) in [4.78, 5) is 8.44. The van der Waals surface area contributed by atoms with E-state index in [2.05, 4.69) is 15.1 Å². The Kier molecular flexibility index (Phi) is 3.21. The molecule has 0 atom stereocenters. The van der Waals surface area contributed by atoms with E-state index in [0.29, 0.717) is 12.0 Å². The fourth-order valence-corrected chi connectivity index (χ4v) is 3.01. The molecule has 1 aliphatic rings. The number of hydrogen-bond donors (Lipinski definition) is 1. The highest BCUT2D eigenvalue weighted by Gasteiger charge is 2.13. The molecule has 5 rings (SSSR count). The van der Waals surface area contributed by atoms with E-state index in [1.807, 2.05) is 36.4 Å². The van der Waals surface area contributed by atoms with Crippen LogP contribution in [0.15, 0.2) is 55.4 Å². The maximum Gasteiger partial charge on any atom is 0.231 e. The Morgan fingerprint density at radius 3 is 2.85 bits per heavy atom. The monoisotopic (exact) mass is 346 g/mol. The van der Waals surface area contributed by atoms with Crippen LogP contribution in [0.3, 0.4) is 0 Å². The van der Waals surface area contributed by atoms with Crippen molar-refractivity contribution in [3.05, 3.63) is 66.4 Å². The van der Waals surface area contributed by atoms with Gasteiger partial charge in [-0.3, -0.25) is 5.41 Å². The molecule has 0 radical (unpaired) electrons. The van der Waals surface area contributed by atoms with Gasteiger partial charge in [-0.25, -0.2) is 14.6 Å². The number of nitrogens with one attached hydrogen (secondary N) is 1. The molecule has 0 bridgehead atoms. The Balaban J connectivity index is 1.56. The fourth-order valence-electron chi connectivity index (χ4n) is 3.01. The average Bonchev–Trinajstić information content (AvgIpc) is 3.35. The summed E-state index contributed by atoms with van der Waals surface area (Å²) >= 11 is 0. The molecule has 1 aliphatic heterocycles. The molecule has 3 heterocycles. The van der Waals surface area contributed by atoms with Crippen LogP contribution in [0.1, 0.15) is 5.56 Å². The van der Waals surface area contributed by atoms with Crippen LogP contribution in [-0.2, 0) is 6.54 Å². The first-order valence-electron chi connectivity index (χ1n) is 8.05. The van der Waals surface area contributed by atoms with Gasteiger partial charge in [-0.1, -0.05) is 6.07 Å². The molecule has 0 spiro atoms. The largest absolute Gasteiger partial charge is 0.454 e. The summed E-state index contributed by atoms with van der Waals surface area (Å²) in [6.07, 6.45) is 4.79. The van der Waals surface area contributed by atoms with Gasteiger partial charge in [0.25, 0.3) is 0 Å². The second-order valence-electron chi connectivity index (χ2n) is 5.95. The zero-order chi connectivity index (χ0) is 17.5. The van der Waals surface area contributed by atoms with Crippen LogP contribution in [0.2, 0.25) is 0 Å². The molecule has 0 amide bonds. The van der Waals surface area contributed by atoms with Gasteiger partial charge in [0, 0.05) is 5.39 Å². The molecule has 0 aliphatic carbocycles. The van der Waals surface area contributed by atoms with Crippen molar-refractivity contribution < 1.29 is 9.47 Å². The van der Waals surface area contributed by atoms with Crippen LogP contribution in [0.25, 0.3) is 16.6 Å². The van der Waals surface area contributed by atoms with Crippen LogP contribution in [0.4, 0.5) is 0 Å². The van der Waals surface area contributed by atoms with Crippen LogP contribution in [0, 0.1) is 5.41 Å². The normalized spacial score (nSPS) is 12.6. The highest BCUT2D eigenvalue weighted by atomic mass is 16.7. The van der Waals surface area contributed by atoms with Crippen molar-refractivity contribution in [3.8, 4) is 17.2 Å². The van der Waals surface area contributed by atoms with Gasteiger partial charge in [0.1, 0.15) is 18.1 Å². The van der Waals surface area contributed by atoms with E-state index in [1.165, 1.54) is 6.33 Å². The van der Waals surface area contributed by atoms with Crippen LogP contribution in [-0.4, -0.2) is 31.1 Å².